The Labute approximate surface area is 210 Å². The van der Waals surface area contributed by atoms with Crippen LogP contribution >= 0.6 is 0 Å². The molecular formula is C30H29N3O3. The third-order valence-corrected chi connectivity index (χ3v) is 6.73. The summed E-state index contributed by atoms with van der Waals surface area (Å²) in [6.07, 6.45) is 5.51. The van der Waals surface area contributed by atoms with Gasteiger partial charge in [0.2, 0.25) is 5.91 Å². The number of nitrogens with zero attached hydrogens (tertiary/aromatic N) is 2. The van der Waals surface area contributed by atoms with Crippen LogP contribution in [0.1, 0.15) is 39.5 Å². The van der Waals surface area contributed by atoms with Gasteiger partial charge >= 0.3 is 0 Å². The molecule has 0 atom stereocenters. The number of nitrogens with one attached hydrogen (secondary N) is 1. The van der Waals surface area contributed by atoms with Gasteiger partial charge in [0, 0.05) is 38.2 Å². The van der Waals surface area contributed by atoms with Crippen LogP contribution in [-0.4, -0.2) is 39.9 Å². The van der Waals surface area contributed by atoms with Crippen LogP contribution in [-0.2, 0) is 30.7 Å². The lowest BCUT2D eigenvalue weighted by molar-refractivity contribution is -0.128. The number of hydrogen-bond donors (Lipinski definition) is 1. The fraction of sp³-hybridized carbons (Fsp3) is 0.233. The summed E-state index contributed by atoms with van der Waals surface area (Å²) >= 11 is 0. The van der Waals surface area contributed by atoms with Crippen molar-refractivity contribution in [3.05, 3.63) is 107 Å². The average Bonchev–Trinajstić information content (AvgIpc) is 3.35. The fourth-order valence-electron chi connectivity index (χ4n) is 4.68. The summed E-state index contributed by atoms with van der Waals surface area (Å²) in [6.45, 7) is 3.45. The molecule has 36 heavy (non-hydrogen) atoms. The molecule has 5 rings (SSSR count). The highest BCUT2D eigenvalue weighted by atomic mass is 16.5. The molecule has 0 aliphatic carbocycles. The van der Waals surface area contributed by atoms with Crippen molar-refractivity contribution in [3.8, 4) is 16.9 Å². The third-order valence-electron chi connectivity index (χ3n) is 6.73. The van der Waals surface area contributed by atoms with E-state index in [0.717, 1.165) is 41.6 Å². The molecule has 0 spiro atoms. The van der Waals surface area contributed by atoms with Crippen LogP contribution in [0.2, 0.25) is 0 Å². The first-order valence-electron chi connectivity index (χ1n) is 12.3. The second-order valence-electron chi connectivity index (χ2n) is 9.18. The van der Waals surface area contributed by atoms with Gasteiger partial charge in [-0.05, 0) is 52.8 Å². The Balaban J connectivity index is 1.37. The Morgan fingerprint density at radius 3 is 2.47 bits per heavy atom. The van der Waals surface area contributed by atoms with Crippen molar-refractivity contribution in [2.75, 3.05) is 13.1 Å². The molecule has 0 fully saturated rings. The summed E-state index contributed by atoms with van der Waals surface area (Å²) in [7, 11) is 0. The molecule has 0 radical (unpaired) electrons. The van der Waals surface area contributed by atoms with Gasteiger partial charge in [-0.15, -0.1) is 0 Å². The zero-order valence-corrected chi connectivity index (χ0v) is 20.4. The first-order valence-corrected chi connectivity index (χ1v) is 12.3. The first-order chi connectivity index (χ1) is 17.6. The van der Waals surface area contributed by atoms with E-state index in [9.17, 15) is 9.59 Å². The third kappa shape index (κ3) is 5.38. The van der Waals surface area contributed by atoms with Crippen LogP contribution in [0.4, 0.5) is 0 Å². The van der Waals surface area contributed by atoms with Crippen molar-refractivity contribution in [1.82, 2.24) is 15.1 Å². The summed E-state index contributed by atoms with van der Waals surface area (Å²) in [6, 6.07) is 21.9. The van der Waals surface area contributed by atoms with Crippen molar-refractivity contribution < 1.29 is 14.3 Å². The van der Waals surface area contributed by atoms with Crippen molar-refractivity contribution in [2.24, 2.45) is 0 Å². The topological polar surface area (TPSA) is 75.3 Å². The Morgan fingerprint density at radius 2 is 1.72 bits per heavy atom. The van der Waals surface area contributed by atoms with Gasteiger partial charge in [0.25, 0.3) is 0 Å². The molecule has 0 saturated heterocycles. The summed E-state index contributed by atoms with van der Waals surface area (Å²) in [5, 5.41) is 6.87. The highest BCUT2D eigenvalue weighted by Crippen LogP contribution is 2.29. The molecule has 4 aromatic rings. The van der Waals surface area contributed by atoms with Gasteiger partial charge in [0.1, 0.15) is 12.4 Å². The molecule has 2 heterocycles. The zero-order chi connectivity index (χ0) is 24.9. The van der Waals surface area contributed by atoms with Crippen molar-refractivity contribution in [3.63, 3.8) is 0 Å². The molecule has 1 aliphatic rings. The van der Waals surface area contributed by atoms with Gasteiger partial charge in [-0.3, -0.25) is 14.7 Å². The SMILES string of the molecule is CC(=O)N1CCc2ccc(CC(=O)c3ccc(-c4cn[nH]c4)cc3OCc3ccccc3)cc2CC1. The second-order valence-corrected chi connectivity index (χ2v) is 9.18. The normalized spacial score (nSPS) is 13.1. The first kappa shape index (κ1) is 23.5. The van der Waals surface area contributed by atoms with Gasteiger partial charge in [-0.25, -0.2) is 0 Å². The van der Waals surface area contributed by atoms with E-state index in [0.29, 0.717) is 24.5 Å². The lowest BCUT2D eigenvalue weighted by Gasteiger charge is -2.17. The van der Waals surface area contributed by atoms with Crippen molar-refractivity contribution in [2.45, 2.75) is 32.8 Å². The molecule has 0 saturated carbocycles. The predicted molar refractivity (Wildman–Crippen MR) is 139 cm³/mol. The van der Waals surface area contributed by atoms with E-state index in [1.54, 1.807) is 13.1 Å². The van der Waals surface area contributed by atoms with Gasteiger partial charge in [0.05, 0.1) is 11.8 Å². The van der Waals surface area contributed by atoms with Gasteiger partial charge in [0.15, 0.2) is 5.78 Å². The Bertz CT molecular complexity index is 1360. The number of ether oxygens (including phenoxy) is 1. The van der Waals surface area contributed by atoms with Gasteiger partial charge in [-0.2, -0.15) is 5.10 Å². The predicted octanol–water partition coefficient (Wildman–Crippen LogP) is 5.03. The quantitative estimate of drug-likeness (QED) is 0.377. The van der Waals surface area contributed by atoms with Crippen LogP contribution in [0.5, 0.6) is 5.75 Å². The number of H-pyrrole nitrogens is 1. The number of fused-ring (bicyclic) bond motifs is 1. The summed E-state index contributed by atoms with van der Waals surface area (Å²) in [5.74, 6) is 0.685. The number of benzene rings is 3. The molecule has 3 aromatic carbocycles. The lowest BCUT2D eigenvalue weighted by atomic mass is 9.95. The molecule has 1 N–H and O–H groups in total. The number of aromatic amines is 1. The minimum atomic E-state index is 0.00994. The van der Waals surface area contributed by atoms with E-state index in [1.165, 1.54) is 11.1 Å². The smallest absolute Gasteiger partial charge is 0.219 e. The largest absolute Gasteiger partial charge is 0.488 e. The lowest BCUT2D eigenvalue weighted by Crippen LogP contribution is -2.30. The minimum absolute atomic E-state index is 0.00994. The van der Waals surface area contributed by atoms with Crippen LogP contribution in [0, 0.1) is 0 Å². The van der Waals surface area contributed by atoms with Crippen LogP contribution < -0.4 is 4.74 Å². The molecule has 1 amide bonds. The molecule has 1 aliphatic heterocycles. The summed E-state index contributed by atoms with van der Waals surface area (Å²) in [4.78, 5) is 27.2. The molecule has 0 unspecified atom stereocenters. The highest BCUT2D eigenvalue weighted by Gasteiger charge is 2.19. The second kappa shape index (κ2) is 10.6. The molecule has 182 valence electrons. The van der Waals surface area contributed by atoms with Crippen molar-refractivity contribution >= 4 is 11.7 Å². The molecule has 0 bridgehead atoms. The number of rotatable bonds is 7. The van der Waals surface area contributed by atoms with E-state index in [2.05, 4.69) is 22.3 Å². The van der Waals surface area contributed by atoms with Crippen molar-refractivity contribution in [1.29, 1.82) is 0 Å². The number of carbonyl (C=O) groups excluding carboxylic acids is 2. The maximum atomic E-state index is 13.5. The number of ketones is 1. The molecule has 6 heteroatoms. The summed E-state index contributed by atoms with van der Waals surface area (Å²) < 4.78 is 6.17. The molecule has 6 nitrogen and oxygen atoms in total. The fourth-order valence-corrected chi connectivity index (χ4v) is 4.68. The highest BCUT2D eigenvalue weighted by molar-refractivity contribution is 6.00. The van der Waals surface area contributed by atoms with Crippen LogP contribution in [0.3, 0.4) is 0 Å². The minimum Gasteiger partial charge on any atom is -0.488 e. The Kier molecular flexibility index (Phi) is 6.94. The van der Waals surface area contributed by atoms with E-state index in [1.807, 2.05) is 65.7 Å². The monoisotopic (exact) mass is 479 g/mol. The van der Waals surface area contributed by atoms with E-state index in [-0.39, 0.29) is 18.1 Å². The zero-order valence-electron chi connectivity index (χ0n) is 20.4. The number of Topliss-reactive ketones (excluding diaryl/α,β-unsaturated/α-hetero) is 1. The maximum absolute atomic E-state index is 13.5. The average molecular weight is 480 g/mol. The number of aromatic nitrogens is 2. The standard InChI is InChI=1S/C30H29N3O3/c1-21(34)33-13-11-24-8-7-23(15-26(24)12-14-33)16-29(35)28-10-9-25(27-18-31-32-19-27)17-30(28)36-20-22-5-3-2-4-6-22/h2-10,15,17-19H,11-14,16,20H2,1H3,(H,31,32). The molecule has 1 aromatic heterocycles. The van der Waals surface area contributed by atoms with Crippen LogP contribution in [0.15, 0.2) is 79.1 Å². The number of carbonyl (C=O) groups is 2. The van der Waals surface area contributed by atoms with E-state index >= 15 is 0 Å². The van der Waals surface area contributed by atoms with E-state index < -0.39 is 0 Å². The van der Waals surface area contributed by atoms with Gasteiger partial charge in [-0.1, -0.05) is 54.6 Å². The molecular weight excluding hydrogens is 450 g/mol. The summed E-state index contributed by atoms with van der Waals surface area (Å²) in [5.41, 5.74) is 6.92. The van der Waals surface area contributed by atoms with Gasteiger partial charge < -0.3 is 9.64 Å². The Morgan fingerprint density at radius 1 is 0.917 bits per heavy atom. The maximum Gasteiger partial charge on any atom is 0.219 e. The number of hydrogen-bond acceptors (Lipinski definition) is 4. The van der Waals surface area contributed by atoms with Crippen LogP contribution in [0.25, 0.3) is 11.1 Å². The van der Waals surface area contributed by atoms with E-state index in [4.69, 9.17) is 4.74 Å². The Hall–Kier alpha value is -4.19. The number of amides is 1.